The highest BCUT2D eigenvalue weighted by molar-refractivity contribution is 6.41. The van der Waals surface area contributed by atoms with Gasteiger partial charge in [-0.1, -0.05) is 42.5 Å². The standard InChI is InChI=1S/C19H13NO2/c1-11-17(15-10-20-16-9-5-4-6-12(15)16)19(22)14-8-3-2-7-13(14)18(11)21/h2-10,20H,1H3. The molecule has 0 saturated heterocycles. The van der Waals surface area contributed by atoms with Crippen LogP contribution >= 0.6 is 0 Å². The predicted molar refractivity (Wildman–Crippen MR) is 86.0 cm³/mol. The van der Waals surface area contributed by atoms with Gasteiger partial charge in [-0.3, -0.25) is 9.59 Å². The van der Waals surface area contributed by atoms with Crippen LogP contribution in [0.2, 0.25) is 0 Å². The summed E-state index contributed by atoms with van der Waals surface area (Å²) in [5, 5.41) is 0.956. The first-order valence-corrected chi connectivity index (χ1v) is 7.14. The number of aromatic amines is 1. The molecule has 3 heteroatoms. The number of carbonyl (C=O) groups is 2. The number of H-pyrrole nitrogens is 1. The molecule has 0 bridgehead atoms. The van der Waals surface area contributed by atoms with Gasteiger partial charge in [-0.15, -0.1) is 0 Å². The molecule has 2 aromatic carbocycles. The van der Waals surface area contributed by atoms with Crippen molar-refractivity contribution in [1.29, 1.82) is 0 Å². The Labute approximate surface area is 127 Å². The third-order valence-electron chi connectivity index (χ3n) is 4.22. The van der Waals surface area contributed by atoms with Crippen molar-refractivity contribution < 1.29 is 9.59 Å². The number of nitrogens with one attached hydrogen (secondary N) is 1. The smallest absolute Gasteiger partial charge is 0.194 e. The predicted octanol–water partition coefficient (Wildman–Crippen LogP) is 4.02. The molecule has 1 aliphatic carbocycles. The minimum atomic E-state index is -0.0857. The lowest BCUT2D eigenvalue weighted by Gasteiger charge is -2.18. The highest BCUT2D eigenvalue weighted by Gasteiger charge is 2.31. The zero-order valence-electron chi connectivity index (χ0n) is 12.0. The van der Waals surface area contributed by atoms with Crippen molar-refractivity contribution in [2.45, 2.75) is 6.92 Å². The summed E-state index contributed by atoms with van der Waals surface area (Å²) in [5.41, 5.74) is 3.74. The van der Waals surface area contributed by atoms with E-state index >= 15 is 0 Å². The molecule has 22 heavy (non-hydrogen) atoms. The first kappa shape index (κ1) is 12.8. The number of hydrogen-bond donors (Lipinski definition) is 1. The number of benzene rings is 2. The van der Waals surface area contributed by atoms with E-state index < -0.39 is 0 Å². The Morgan fingerprint density at radius 3 is 2.18 bits per heavy atom. The van der Waals surface area contributed by atoms with E-state index in [0.717, 1.165) is 16.5 Å². The van der Waals surface area contributed by atoms with E-state index in [1.807, 2.05) is 30.5 Å². The van der Waals surface area contributed by atoms with E-state index in [9.17, 15) is 9.59 Å². The van der Waals surface area contributed by atoms with Crippen LogP contribution in [0.3, 0.4) is 0 Å². The van der Waals surface area contributed by atoms with Crippen molar-refractivity contribution >= 4 is 28.0 Å². The van der Waals surface area contributed by atoms with E-state index in [1.165, 1.54) is 0 Å². The Kier molecular flexibility index (Phi) is 2.63. The van der Waals surface area contributed by atoms with Gasteiger partial charge in [0.1, 0.15) is 0 Å². The van der Waals surface area contributed by atoms with E-state index in [0.29, 0.717) is 22.3 Å². The fourth-order valence-corrected chi connectivity index (χ4v) is 3.10. The van der Waals surface area contributed by atoms with Crippen LogP contribution in [0.4, 0.5) is 0 Å². The lowest BCUT2D eigenvalue weighted by molar-refractivity contribution is 0.0992. The van der Waals surface area contributed by atoms with Crippen LogP contribution in [0, 0.1) is 0 Å². The number of rotatable bonds is 1. The van der Waals surface area contributed by atoms with Crippen molar-refractivity contribution in [3.05, 3.63) is 77.0 Å². The summed E-state index contributed by atoms with van der Waals surface area (Å²) in [4.78, 5) is 28.6. The molecule has 0 saturated carbocycles. The summed E-state index contributed by atoms with van der Waals surface area (Å²) >= 11 is 0. The summed E-state index contributed by atoms with van der Waals surface area (Å²) in [6, 6.07) is 14.8. The molecule has 1 N–H and O–H groups in total. The first-order valence-electron chi connectivity index (χ1n) is 7.14. The molecule has 1 aliphatic rings. The van der Waals surface area contributed by atoms with Crippen molar-refractivity contribution in [3.8, 4) is 0 Å². The fraction of sp³-hybridized carbons (Fsp3) is 0.0526. The topological polar surface area (TPSA) is 49.9 Å². The second kappa shape index (κ2) is 4.53. The van der Waals surface area contributed by atoms with Crippen LogP contribution < -0.4 is 0 Å². The quantitative estimate of drug-likeness (QED) is 0.735. The van der Waals surface area contributed by atoms with Crippen LogP contribution in [0.1, 0.15) is 33.2 Å². The maximum atomic E-state index is 12.9. The summed E-state index contributed by atoms with van der Waals surface area (Å²) in [7, 11) is 0. The van der Waals surface area contributed by atoms with Gasteiger partial charge in [-0.2, -0.15) is 0 Å². The number of allylic oxidation sites excluding steroid dienone is 2. The normalized spacial score (nSPS) is 14.6. The lowest BCUT2D eigenvalue weighted by Crippen LogP contribution is -2.19. The van der Waals surface area contributed by atoms with Crippen LogP contribution in [-0.4, -0.2) is 16.6 Å². The molecular weight excluding hydrogens is 274 g/mol. The van der Waals surface area contributed by atoms with E-state index in [2.05, 4.69) is 4.98 Å². The van der Waals surface area contributed by atoms with Gasteiger partial charge in [0.25, 0.3) is 0 Å². The van der Waals surface area contributed by atoms with Gasteiger partial charge in [-0.25, -0.2) is 0 Å². The summed E-state index contributed by atoms with van der Waals surface area (Å²) in [6.45, 7) is 1.73. The molecule has 0 spiro atoms. The van der Waals surface area contributed by atoms with Crippen molar-refractivity contribution in [1.82, 2.24) is 4.98 Å². The van der Waals surface area contributed by atoms with E-state index in [-0.39, 0.29) is 11.6 Å². The van der Waals surface area contributed by atoms with Crippen LogP contribution in [-0.2, 0) is 0 Å². The van der Waals surface area contributed by atoms with Gasteiger partial charge in [0, 0.05) is 44.9 Å². The van der Waals surface area contributed by atoms with Gasteiger partial charge >= 0.3 is 0 Å². The Morgan fingerprint density at radius 1 is 0.773 bits per heavy atom. The molecule has 1 heterocycles. The Hall–Kier alpha value is -2.94. The molecular formula is C19H13NO2. The number of ketones is 2. The molecule has 3 nitrogen and oxygen atoms in total. The first-order chi connectivity index (χ1) is 10.7. The number of aromatic nitrogens is 1. The third kappa shape index (κ3) is 1.62. The second-order valence-electron chi connectivity index (χ2n) is 5.45. The van der Waals surface area contributed by atoms with Crippen LogP contribution in [0.5, 0.6) is 0 Å². The molecule has 106 valence electrons. The summed E-state index contributed by atoms with van der Waals surface area (Å²) in [6.07, 6.45) is 1.81. The highest BCUT2D eigenvalue weighted by atomic mass is 16.1. The highest BCUT2D eigenvalue weighted by Crippen LogP contribution is 2.35. The average Bonchev–Trinajstić information content (AvgIpc) is 2.97. The van der Waals surface area contributed by atoms with Crippen molar-refractivity contribution in [2.24, 2.45) is 0 Å². The molecule has 1 aromatic heterocycles. The van der Waals surface area contributed by atoms with Crippen molar-refractivity contribution in [3.63, 3.8) is 0 Å². The second-order valence-corrected chi connectivity index (χ2v) is 5.45. The number of Topliss-reactive ketones (excluding diaryl/α,β-unsaturated/α-hetero) is 2. The number of carbonyl (C=O) groups excluding carboxylic acids is 2. The zero-order chi connectivity index (χ0) is 15.3. The zero-order valence-corrected chi connectivity index (χ0v) is 12.0. The van der Waals surface area contributed by atoms with E-state index in [4.69, 9.17) is 0 Å². The maximum Gasteiger partial charge on any atom is 0.194 e. The van der Waals surface area contributed by atoms with Gasteiger partial charge in [0.2, 0.25) is 0 Å². The summed E-state index contributed by atoms with van der Waals surface area (Å²) in [5.74, 6) is -0.159. The van der Waals surface area contributed by atoms with Crippen molar-refractivity contribution in [2.75, 3.05) is 0 Å². The molecule has 0 unspecified atom stereocenters. The van der Waals surface area contributed by atoms with E-state index in [1.54, 1.807) is 31.2 Å². The summed E-state index contributed by atoms with van der Waals surface area (Å²) < 4.78 is 0. The average molecular weight is 287 g/mol. The van der Waals surface area contributed by atoms with Gasteiger partial charge in [0.15, 0.2) is 11.6 Å². The molecule has 0 aliphatic heterocycles. The van der Waals surface area contributed by atoms with Gasteiger partial charge in [0.05, 0.1) is 0 Å². The fourth-order valence-electron chi connectivity index (χ4n) is 3.10. The molecule has 0 radical (unpaired) electrons. The monoisotopic (exact) mass is 287 g/mol. The maximum absolute atomic E-state index is 12.9. The number of hydrogen-bond acceptors (Lipinski definition) is 2. The third-order valence-corrected chi connectivity index (χ3v) is 4.22. The minimum Gasteiger partial charge on any atom is -0.361 e. The molecule has 0 fully saturated rings. The largest absolute Gasteiger partial charge is 0.361 e. The minimum absolute atomic E-state index is 0.0736. The van der Waals surface area contributed by atoms with Crippen LogP contribution in [0.15, 0.2) is 60.3 Å². The SMILES string of the molecule is CC1=C(c2c[nH]c3ccccc23)C(=O)c2ccccc2C1=O. The molecule has 0 amide bonds. The van der Waals surface area contributed by atoms with Gasteiger partial charge < -0.3 is 4.98 Å². The van der Waals surface area contributed by atoms with Gasteiger partial charge in [-0.05, 0) is 13.0 Å². The Morgan fingerprint density at radius 2 is 1.41 bits per heavy atom. The Balaban J connectivity index is 2.01. The molecule has 4 rings (SSSR count). The number of fused-ring (bicyclic) bond motifs is 2. The number of para-hydroxylation sites is 1. The molecule has 3 aromatic rings. The lowest BCUT2D eigenvalue weighted by atomic mass is 9.82. The van der Waals surface area contributed by atoms with Crippen LogP contribution in [0.25, 0.3) is 16.5 Å². The Bertz CT molecular complexity index is 976. The molecule has 0 atom stereocenters.